The number of aromatic nitrogens is 2. The summed E-state index contributed by atoms with van der Waals surface area (Å²) in [4.78, 5) is 8.68. The van der Waals surface area contributed by atoms with Crippen molar-refractivity contribution >= 4 is 10.0 Å². The van der Waals surface area contributed by atoms with E-state index < -0.39 is 10.0 Å². The molecule has 1 aliphatic heterocycles. The lowest BCUT2D eigenvalue weighted by molar-refractivity contribution is 0.174. The van der Waals surface area contributed by atoms with E-state index in [1.165, 1.54) is 25.4 Å². The second kappa shape index (κ2) is 6.02. The van der Waals surface area contributed by atoms with Gasteiger partial charge in [-0.15, -0.1) is 0 Å². The lowest BCUT2D eigenvalue weighted by atomic mass is 10.00. The van der Waals surface area contributed by atoms with E-state index >= 15 is 0 Å². The number of hydrogen-bond donors (Lipinski definition) is 2. The van der Waals surface area contributed by atoms with Gasteiger partial charge >= 0.3 is 0 Å². The van der Waals surface area contributed by atoms with Crippen LogP contribution in [0.25, 0.3) is 0 Å². The standard InChI is InChI=1S/C12H22N4O2S/c1-10-4-3-5-16(7-10)8-11(2)15-19(17,18)12-6-13-9-14-12/h6,9-11,15H,3-5,7-8H2,1-2H3,(H,13,14)/t10-,11+/m0/s1. The van der Waals surface area contributed by atoms with Gasteiger partial charge in [0, 0.05) is 19.1 Å². The Kier molecular flexibility index (Phi) is 4.59. The molecule has 0 aliphatic carbocycles. The number of nitrogens with one attached hydrogen (secondary N) is 2. The Hall–Kier alpha value is -0.920. The fourth-order valence-corrected chi connectivity index (χ4v) is 3.73. The van der Waals surface area contributed by atoms with Crippen LogP contribution in [0.15, 0.2) is 17.6 Å². The third-order valence-electron chi connectivity index (χ3n) is 3.39. The Balaban J connectivity index is 1.89. The maximum Gasteiger partial charge on any atom is 0.257 e. The van der Waals surface area contributed by atoms with E-state index in [1.807, 2.05) is 6.92 Å². The van der Waals surface area contributed by atoms with E-state index in [-0.39, 0.29) is 11.1 Å². The van der Waals surface area contributed by atoms with Crippen molar-refractivity contribution in [1.82, 2.24) is 19.6 Å². The average molecular weight is 286 g/mol. The molecule has 0 radical (unpaired) electrons. The molecule has 19 heavy (non-hydrogen) atoms. The molecule has 2 rings (SSSR count). The predicted molar refractivity (Wildman–Crippen MR) is 73.2 cm³/mol. The van der Waals surface area contributed by atoms with Gasteiger partial charge in [-0.3, -0.25) is 0 Å². The highest BCUT2D eigenvalue weighted by atomic mass is 32.2. The van der Waals surface area contributed by atoms with Crippen LogP contribution in [-0.4, -0.2) is 49.0 Å². The third kappa shape index (κ3) is 4.02. The van der Waals surface area contributed by atoms with Crippen LogP contribution in [-0.2, 0) is 10.0 Å². The summed E-state index contributed by atoms with van der Waals surface area (Å²) in [5.74, 6) is 0.699. The summed E-state index contributed by atoms with van der Waals surface area (Å²) in [6, 6.07) is -0.112. The van der Waals surface area contributed by atoms with Crippen LogP contribution in [0.5, 0.6) is 0 Å². The SMILES string of the molecule is C[C@H]1CCCN(C[C@@H](C)NS(=O)(=O)c2cnc[nH]2)C1. The second-order valence-electron chi connectivity index (χ2n) is 5.45. The van der Waals surface area contributed by atoms with Gasteiger partial charge in [0.15, 0.2) is 5.03 Å². The summed E-state index contributed by atoms with van der Waals surface area (Å²) >= 11 is 0. The molecule has 0 bridgehead atoms. The maximum absolute atomic E-state index is 12.0. The highest BCUT2D eigenvalue weighted by Crippen LogP contribution is 2.15. The highest BCUT2D eigenvalue weighted by molar-refractivity contribution is 7.89. The molecule has 1 aliphatic rings. The fourth-order valence-electron chi connectivity index (χ4n) is 2.60. The smallest absolute Gasteiger partial charge is 0.257 e. The lowest BCUT2D eigenvalue weighted by Gasteiger charge is -2.32. The van der Waals surface area contributed by atoms with Gasteiger partial charge < -0.3 is 9.88 Å². The minimum Gasteiger partial charge on any atom is -0.335 e. The maximum atomic E-state index is 12.0. The zero-order chi connectivity index (χ0) is 13.9. The largest absolute Gasteiger partial charge is 0.335 e. The molecule has 1 fully saturated rings. The van der Waals surface area contributed by atoms with E-state index in [1.54, 1.807) is 0 Å². The van der Waals surface area contributed by atoms with Crippen molar-refractivity contribution in [3.05, 3.63) is 12.5 Å². The summed E-state index contributed by atoms with van der Waals surface area (Å²) in [7, 11) is -3.48. The van der Waals surface area contributed by atoms with Crippen molar-refractivity contribution in [1.29, 1.82) is 0 Å². The van der Waals surface area contributed by atoms with Crippen LogP contribution in [0, 0.1) is 5.92 Å². The van der Waals surface area contributed by atoms with Crippen LogP contribution < -0.4 is 4.72 Å². The Morgan fingerprint density at radius 3 is 3.05 bits per heavy atom. The molecule has 2 atom stereocenters. The van der Waals surface area contributed by atoms with E-state index in [0.717, 1.165) is 19.6 Å². The first-order valence-electron chi connectivity index (χ1n) is 6.70. The minimum atomic E-state index is -3.48. The van der Waals surface area contributed by atoms with Crippen LogP contribution in [0.3, 0.4) is 0 Å². The Bertz CT molecular complexity index is 486. The summed E-state index contributed by atoms with van der Waals surface area (Å²) in [6.45, 7) is 6.99. The summed E-state index contributed by atoms with van der Waals surface area (Å²) in [5, 5.41) is 0.117. The number of sulfonamides is 1. The zero-order valence-corrected chi connectivity index (χ0v) is 12.3. The van der Waals surface area contributed by atoms with Gasteiger partial charge in [-0.05, 0) is 32.2 Å². The molecule has 108 valence electrons. The van der Waals surface area contributed by atoms with Gasteiger partial charge in [0.1, 0.15) is 0 Å². The van der Waals surface area contributed by atoms with Gasteiger partial charge in [-0.2, -0.15) is 0 Å². The number of piperidine rings is 1. The number of aromatic amines is 1. The van der Waals surface area contributed by atoms with Crippen molar-refractivity contribution in [2.45, 2.75) is 37.8 Å². The first-order chi connectivity index (χ1) is 8.97. The van der Waals surface area contributed by atoms with E-state index in [2.05, 4.69) is 26.5 Å². The third-order valence-corrected chi connectivity index (χ3v) is 4.91. The molecule has 2 N–H and O–H groups in total. The molecule has 0 unspecified atom stereocenters. The quantitative estimate of drug-likeness (QED) is 0.839. The molecule has 0 spiro atoms. The van der Waals surface area contributed by atoms with Gasteiger partial charge in [-0.1, -0.05) is 6.92 Å². The van der Waals surface area contributed by atoms with E-state index in [9.17, 15) is 8.42 Å². The van der Waals surface area contributed by atoms with Crippen molar-refractivity contribution in [3.8, 4) is 0 Å². The number of rotatable bonds is 5. The van der Waals surface area contributed by atoms with Gasteiger partial charge in [0.25, 0.3) is 10.0 Å². The normalized spacial score (nSPS) is 23.4. The first kappa shape index (κ1) is 14.5. The first-order valence-corrected chi connectivity index (χ1v) is 8.19. The molecule has 1 saturated heterocycles. The predicted octanol–water partition coefficient (Wildman–Crippen LogP) is 0.808. The fraction of sp³-hybridized carbons (Fsp3) is 0.750. The summed E-state index contributed by atoms with van der Waals surface area (Å²) in [6.07, 6.45) is 5.15. The molecular weight excluding hydrogens is 264 g/mol. The lowest BCUT2D eigenvalue weighted by Crippen LogP contribution is -2.45. The van der Waals surface area contributed by atoms with Crippen molar-refractivity contribution in [2.24, 2.45) is 5.92 Å². The van der Waals surface area contributed by atoms with E-state index in [0.29, 0.717) is 5.92 Å². The topological polar surface area (TPSA) is 78.1 Å². The van der Waals surface area contributed by atoms with Crippen molar-refractivity contribution in [3.63, 3.8) is 0 Å². The van der Waals surface area contributed by atoms with Crippen molar-refractivity contribution in [2.75, 3.05) is 19.6 Å². The Morgan fingerprint density at radius 1 is 1.63 bits per heavy atom. The van der Waals surface area contributed by atoms with Gasteiger partial charge in [0.05, 0.1) is 12.5 Å². The molecule has 0 amide bonds. The summed E-state index contributed by atoms with van der Waals surface area (Å²) < 4.78 is 26.7. The number of likely N-dealkylation sites (tertiary alicyclic amines) is 1. The minimum absolute atomic E-state index is 0.112. The average Bonchev–Trinajstić information content (AvgIpc) is 2.81. The van der Waals surface area contributed by atoms with E-state index in [4.69, 9.17) is 0 Å². The molecule has 2 heterocycles. The second-order valence-corrected chi connectivity index (χ2v) is 7.13. The number of imidazole rings is 1. The Morgan fingerprint density at radius 2 is 2.42 bits per heavy atom. The monoisotopic (exact) mass is 286 g/mol. The molecule has 1 aromatic heterocycles. The molecule has 7 heteroatoms. The molecule has 6 nitrogen and oxygen atoms in total. The van der Waals surface area contributed by atoms with Crippen molar-refractivity contribution < 1.29 is 8.42 Å². The molecule has 0 saturated carbocycles. The van der Waals surface area contributed by atoms with Crippen LogP contribution in [0.4, 0.5) is 0 Å². The summed E-state index contributed by atoms with van der Waals surface area (Å²) in [5.41, 5.74) is 0. The Labute approximate surface area is 114 Å². The molecule has 1 aromatic rings. The molecular formula is C12H22N4O2S. The zero-order valence-electron chi connectivity index (χ0n) is 11.5. The number of hydrogen-bond acceptors (Lipinski definition) is 4. The molecule has 0 aromatic carbocycles. The van der Waals surface area contributed by atoms with Crippen LogP contribution in [0.2, 0.25) is 0 Å². The van der Waals surface area contributed by atoms with Gasteiger partial charge in [0.2, 0.25) is 0 Å². The van der Waals surface area contributed by atoms with Gasteiger partial charge in [-0.25, -0.2) is 18.1 Å². The highest BCUT2D eigenvalue weighted by Gasteiger charge is 2.22. The number of H-pyrrole nitrogens is 1. The number of nitrogens with zero attached hydrogens (tertiary/aromatic N) is 2. The van der Waals surface area contributed by atoms with Crippen LogP contribution >= 0.6 is 0 Å². The van der Waals surface area contributed by atoms with Crippen LogP contribution in [0.1, 0.15) is 26.7 Å².